The van der Waals surface area contributed by atoms with Crippen molar-refractivity contribution >= 4 is 11.7 Å². The smallest absolute Gasteiger partial charge is 0.330 e. The van der Waals surface area contributed by atoms with Crippen LogP contribution in [0.2, 0.25) is 0 Å². The SMILES string of the molecule is COc1ccc(C(Nc2ccccc2F)C(=O)O)cc1F. The maximum atomic E-state index is 13.7. The van der Waals surface area contributed by atoms with Crippen LogP contribution in [0, 0.1) is 11.6 Å². The average molecular weight is 293 g/mol. The summed E-state index contributed by atoms with van der Waals surface area (Å²) in [5, 5.41) is 11.8. The number of aliphatic carboxylic acids is 1. The van der Waals surface area contributed by atoms with Crippen LogP contribution in [0.25, 0.3) is 0 Å². The minimum Gasteiger partial charge on any atom is -0.494 e. The second kappa shape index (κ2) is 6.21. The molecule has 0 saturated heterocycles. The maximum absolute atomic E-state index is 13.7. The van der Waals surface area contributed by atoms with Crippen molar-refractivity contribution in [3.05, 3.63) is 59.7 Å². The third-order valence-electron chi connectivity index (χ3n) is 2.93. The van der Waals surface area contributed by atoms with Gasteiger partial charge in [-0.3, -0.25) is 0 Å². The van der Waals surface area contributed by atoms with Crippen LogP contribution in [0.1, 0.15) is 11.6 Å². The predicted molar refractivity (Wildman–Crippen MR) is 73.4 cm³/mol. The maximum Gasteiger partial charge on any atom is 0.330 e. The van der Waals surface area contributed by atoms with E-state index in [1.165, 1.54) is 37.4 Å². The highest BCUT2D eigenvalue weighted by atomic mass is 19.1. The van der Waals surface area contributed by atoms with Crippen LogP contribution in [0.5, 0.6) is 5.75 Å². The minimum absolute atomic E-state index is 0.00813. The third kappa shape index (κ3) is 3.28. The van der Waals surface area contributed by atoms with Crippen molar-refractivity contribution in [1.82, 2.24) is 0 Å². The van der Waals surface area contributed by atoms with Gasteiger partial charge in [0.25, 0.3) is 0 Å². The molecule has 110 valence electrons. The van der Waals surface area contributed by atoms with E-state index in [1.807, 2.05) is 0 Å². The molecule has 0 saturated carbocycles. The van der Waals surface area contributed by atoms with E-state index in [0.29, 0.717) is 0 Å². The second-order valence-corrected chi connectivity index (χ2v) is 4.29. The van der Waals surface area contributed by atoms with E-state index in [2.05, 4.69) is 5.32 Å². The highest BCUT2D eigenvalue weighted by molar-refractivity contribution is 5.79. The third-order valence-corrected chi connectivity index (χ3v) is 2.93. The van der Waals surface area contributed by atoms with E-state index >= 15 is 0 Å². The molecule has 0 heterocycles. The zero-order chi connectivity index (χ0) is 15.4. The van der Waals surface area contributed by atoms with Crippen LogP contribution >= 0.6 is 0 Å². The number of hydrogen-bond donors (Lipinski definition) is 2. The van der Waals surface area contributed by atoms with Gasteiger partial charge in [-0.2, -0.15) is 0 Å². The van der Waals surface area contributed by atoms with E-state index < -0.39 is 23.6 Å². The number of nitrogens with one attached hydrogen (secondary N) is 1. The molecule has 0 spiro atoms. The summed E-state index contributed by atoms with van der Waals surface area (Å²) >= 11 is 0. The summed E-state index contributed by atoms with van der Waals surface area (Å²) in [4.78, 5) is 11.3. The fourth-order valence-electron chi connectivity index (χ4n) is 1.88. The Bertz CT molecular complexity index is 661. The molecule has 2 aromatic rings. The first-order valence-corrected chi connectivity index (χ1v) is 6.10. The molecule has 4 nitrogen and oxygen atoms in total. The number of ether oxygens (including phenoxy) is 1. The molecule has 6 heteroatoms. The van der Waals surface area contributed by atoms with Crippen LogP contribution in [0.4, 0.5) is 14.5 Å². The molecule has 0 bridgehead atoms. The zero-order valence-corrected chi connectivity index (χ0v) is 11.1. The minimum atomic E-state index is -1.28. The Morgan fingerprint density at radius 3 is 2.48 bits per heavy atom. The van der Waals surface area contributed by atoms with Crippen LogP contribution in [-0.2, 0) is 4.79 Å². The number of carbonyl (C=O) groups is 1. The van der Waals surface area contributed by atoms with Gasteiger partial charge >= 0.3 is 5.97 Å². The molecular formula is C15H13F2NO3. The van der Waals surface area contributed by atoms with E-state index in [1.54, 1.807) is 6.07 Å². The van der Waals surface area contributed by atoms with Gasteiger partial charge in [0, 0.05) is 0 Å². The lowest BCUT2D eigenvalue weighted by Crippen LogP contribution is -2.21. The van der Waals surface area contributed by atoms with E-state index in [0.717, 1.165) is 6.07 Å². The molecule has 0 aliphatic carbocycles. The van der Waals surface area contributed by atoms with Crippen LogP contribution in [-0.4, -0.2) is 18.2 Å². The summed E-state index contributed by atoms with van der Waals surface area (Å²) in [5.41, 5.74) is 0.185. The van der Waals surface area contributed by atoms with Crippen molar-refractivity contribution in [2.45, 2.75) is 6.04 Å². The van der Waals surface area contributed by atoms with Crippen LogP contribution in [0.3, 0.4) is 0 Å². The van der Waals surface area contributed by atoms with Gasteiger partial charge in [0.2, 0.25) is 0 Å². The lowest BCUT2D eigenvalue weighted by atomic mass is 10.1. The summed E-state index contributed by atoms with van der Waals surface area (Å²) in [6.07, 6.45) is 0. The molecule has 2 aromatic carbocycles. The molecule has 0 radical (unpaired) electrons. The Hall–Kier alpha value is -2.63. The molecule has 0 fully saturated rings. The van der Waals surface area contributed by atoms with Gasteiger partial charge in [-0.05, 0) is 29.8 Å². The van der Waals surface area contributed by atoms with Crippen LogP contribution < -0.4 is 10.1 Å². The fourth-order valence-corrected chi connectivity index (χ4v) is 1.88. The number of anilines is 1. The number of hydrogen-bond acceptors (Lipinski definition) is 3. The summed E-state index contributed by atoms with van der Waals surface area (Å²) in [5.74, 6) is -2.51. The normalized spacial score (nSPS) is 11.8. The summed E-state index contributed by atoms with van der Waals surface area (Å²) in [6.45, 7) is 0. The first kappa shape index (κ1) is 14.8. The van der Waals surface area contributed by atoms with E-state index in [9.17, 15) is 18.7 Å². The van der Waals surface area contributed by atoms with Gasteiger partial charge in [0.1, 0.15) is 5.82 Å². The zero-order valence-electron chi connectivity index (χ0n) is 11.1. The lowest BCUT2D eigenvalue weighted by Gasteiger charge is -2.17. The fraction of sp³-hybridized carbons (Fsp3) is 0.133. The Morgan fingerprint density at radius 2 is 1.90 bits per heavy atom. The summed E-state index contributed by atoms with van der Waals surface area (Å²) < 4.78 is 32.0. The van der Waals surface area contributed by atoms with Gasteiger partial charge in [0.05, 0.1) is 12.8 Å². The van der Waals surface area contributed by atoms with Gasteiger partial charge < -0.3 is 15.2 Å². The Labute approximate surface area is 120 Å². The monoisotopic (exact) mass is 293 g/mol. The first-order valence-electron chi connectivity index (χ1n) is 6.10. The standard InChI is InChI=1S/C15H13F2NO3/c1-21-13-7-6-9(8-11(13)17)14(15(19)20)18-12-5-3-2-4-10(12)16/h2-8,14,18H,1H3,(H,19,20). The van der Waals surface area contributed by atoms with Gasteiger partial charge in [-0.1, -0.05) is 18.2 Å². The van der Waals surface area contributed by atoms with Crippen molar-refractivity contribution in [2.24, 2.45) is 0 Å². The molecule has 1 atom stereocenters. The topological polar surface area (TPSA) is 58.6 Å². The van der Waals surface area contributed by atoms with Crippen molar-refractivity contribution in [3.63, 3.8) is 0 Å². The number of rotatable bonds is 5. The number of benzene rings is 2. The molecule has 2 N–H and O–H groups in total. The molecule has 2 rings (SSSR count). The van der Waals surface area contributed by atoms with E-state index in [4.69, 9.17) is 4.74 Å². The van der Waals surface area contributed by atoms with Crippen molar-refractivity contribution in [2.75, 3.05) is 12.4 Å². The lowest BCUT2D eigenvalue weighted by molar-refractivity contribution is -0.138. The Balaban J connectivity index is 2.34. The average Bonchev–Trinajstić information content (AvgIpc) is 2.46. The first-order chi connectivity index (χ1) is 10.0. The Kier molecular flexibility index (Phi) is 4.37. The number of para-hydroxylation sites is 1. The number of carboxylic acids is 1. The van der Waals surface area contributed by atoms with Gasteiger partial charge in [0.15, 0.2) is 17.6 Å². The number of halogens is 2. The van der Waals surface area contributed by atoms with Crippen molar-refractivity contribution in [3.8, 4) is 5.75 Å². The molecule has 0 aromatic heterocycles. The molecule has 0 aliphatic rings. The summed E-state index contributed by atoms with van der Waals surface area (Å²) in [7, 11) is 1.31. The summed E-state index contributed by atoms with van der Waals surface area (Å²) in [6, 6.07) is 8.18. The van der Waals surface area contributed by atoms with E-state index in [-0.39, 0.29) is 17.0 Å². The van der Waals surface area contributed by atoms with Crippen molar-refractivity contribution in [1.29, 1.82) is 0 Å². The molecule has 1 unspecified atom stereocenters. The predicted octanol–water partition coefficient (Wildman–Crippen LogP) is 3.21. The second-order valence-electron chi connectivity index (χ2n) is 4.29. The van der Waals surface area contributed by atoms with Crippen molar-refractivity contribution < 1.29 is 23.4 Å². The van der Waals surface area contributed by atoms with Crippen LogP contribution in [0.15, 0.2) is 42.5 Å². The number of methoxy groups -OCH3 is 1. The molecule has 21 heavy (non-hydrogen) atoms. The largest absolute Gasteiger partial charge is 0.494 e. The highest BCUT2D eigenvalue weighted by Gasteiger charge is 2.22. The van der Waals surface area contributed by atoms with Gasteiger partial charge in [-0.15, -0.1) is 0 Å². The van der Waals surface area contributed by atoms with Gasteiger partial charge in [-0.25, -0.2) is 13.6 Å². The Morgan fingerprint density at radius 1 is 1.19 bits per heavy atom. The molecule has 0 aliphatic heterocycles. The highest BCUT2D eigenvalue weighted by Crippen LogP contribution is 2.26. The quantitative estimate of drug-likeness (QED) is 0.888. The molecule has 0 amide bonds. The number of carboxylic acid groups (broad SMARTS) is 1. The molecular weight excluding hydrogens is 280 g/mol.